The second-order valence-corrected chi connectivity index (χ2v) is 2.77. The van der Waals surface area contributed by atoms with Crippen molar-refractivity contribution >= 4 is 5.91 Å². The maximum absolute atomic E-state index is 10.7. The average molecular weight is 190 g/mol. The van der Waals surface area contributed by atoms with Gasteiger partial charge in [-0.2, -0.15) is 0 Å². The molecular weight excluding hydrogens is 180 g/mol. The van der Waals surface area contributed by atoms with Crippen LogP contribution in [0.25, 0.3) is 10.4 Å². The van der Waals surface area contributed by atoms with E-state index >= 15 is 0 Å². The van der Waals surface area contributed by atoms with E-state index in [2.05, 4.69) is 10.0 Å². The zero-order valence-corrected chi connectivity index (χ0v) is 7.55. The van der Waals surface area contributed by atoms with Crippen molar-refractivity contribution in [1.82, 2.24) is 0 Å². The Labute approximate surface area is 81.2 Å². The Bertz CT molecular complexity index is 365. The smallest absolute Gasteiger partial charge is 0.248 e. The molecule has 1 rings (SSSR count). The molecular formula is C9H10N4O. The minimum absolute atomic E-state index is 0.423. The second-order valence-electron chi connectivity index (χ2n) is 2.77. The monoisotopic (exact) mass is 190 g/mol. The highest BCUT2D eigenvalue weighted by atomic mass is 16.1. The lowest BCUT2D eigenvalue weighted by molar-refractivity contribution is 0.100. The molecule has 0 aromatic heterocycles. The molecule has 0 aliphatic heterocycles. The molecule has 0 fully saturated rings. The fraction of sp³-hybridized carbons (Fsp3) is 0.222. The Morgan fingerprint density at radius 3 is 2.57 bits per heavy atom. The maximum Gasteiger partial charge on any atom is 0.248 e. The van der Waals surface area contributed by atoms with Gasteiger partial charge in [-0.05, 0) is 29.6 Å². The quantitative estimate of drug-likeness (QED) is 0.436. The molecule has 0 saturated carbocycles. The molecule has 1 aromatic rings. The summed E-state index contributed by atoms with van der Waals surface area (Å²) in [5.41, 5.74) is 14.6. The van der Waals surface area contributed by atoms with E-state index < -0.39 is 5.91 Å². The van der Waals surface area contributed by atoms with Gasteiger partial charge in [-0.15, -0.1) is 0 Å². The first-order valence-corrected chi connectivity index (χ1v) is 4.13. The molecule has 2 N–H and O–H groups in total. The SMILES string of the molecule is [N-]=[N+]=NCCc1ccc(C(N)=O)cc1. The molecule has 1 amide bonds. The van der Waals surface area contributed by atoms with Crippen molar-refractivity contribution in [3.8, 4) is 0 Å². The molecule has 0 spiro atoms. The van der Waals surface area contributed by atoms with Crippen molar-refractivity contribution in [3.05, 3.63) is 45.8 Å². The molecule has 0 saturated heterocycles. The molecule has 0 radical (unpaired) electrons. The van der Waals surface area contributed by atoms with E-state index in [0.29, 0.717) is 18.5 Å². The molecule has 0 aliphatic rings. The Kier molecular flexibility index (Phi) is 3.52. The topological polar surface area (TPSA) is 91.8 Å². The molecule has 14 heavy (non-hydrogen) atoms. The average Bonchev–Trinajstić information content (AvgIpc) is 2.19. The molecule has 0 heterocycles. The summed E-state index contributed by atoms with van der Waals surface area (Å²) in [6.07, 6.45) is 0.670. The Morgan fingerprint density at radius 1 is 1.43 bits per heavy atom. The van der Waals surface area contributed by atoms with Gasteiger partial charge in [0.1, 0.15) is 0 Å². The van der Waals surface area contributed by atoms with E-state index in [4.69, 9.17) is 11.3 Å². The number of amides is 1. The van der Waals surface area contributed by atoms with Crippen LogP contribution in [0, 0.1) is 0 Å². The van der Waals surface area contributed by atoms with Crippen LogP contribution >= 0.6 is 0 Å². The minimum Gasteiger partial charge on any atom is -0.366 e. The fourth-order valence-electron chi connectivity index (χ4n) is 1.06. The predicted molar refractivity (Wildman–Crippen MR) is 52.7 cm³/mol. The zero-order chi connectivity index (χ0) is 10.4. The lowest BCUT2D eigenvalue weighted by atomic mass is 10.1. The minimum atomic E-state index is -0.438. The lowest BCUT2D eigenvalue weighted by Gasteiger charge is -1.98. The molecule has 5 heteroatoms. The van der Waals surface area contributed by atoms with Crippen LogP contribution in [-0.4, -0.2) is 12.5 Å². The van der Waals surface area contributed by atoms with Crippen molar-refractivity contribution in [3.63, 3.8) is 0 Å². The lowest BCUT2D eigenvalue weighted by Crippen LogP contribution is -2.10. The predicted octanol–water partition coefficient (Wildman–Crippen LogP) is 1.64. The first kappa shape index (κ1) is 10.1. The van der Waals surface area contributed by atoms with Crippen molar-refractivity contribution in [1.29, 1.82) is 0 Å². The standard InChI is InChI=1S/C9H10N4O/c10-9(14)8-3-1-7(2-4-8)5-6-12-13-11/h1-4H,5-6H2,(H2,10,14). The number of azide groups is 1. The van der Waals surface area contributed by atoms with Gasteiger partial charge in [0.25, 0.3) is 0 Å². The van der Waals surface area contributed by atoms with Gasteiger partial charge in [0.2, 0.25) is 5.91 Å². The Hall–Kier alpha value is -2.00. The molecule has 0 aliphatic carbocycles. The first-order chi connectivity index (χ1) is 6.74. The van der Waals surface area contributed by atoms with Crippen LogP contribution in [0.2, 0.25) is 0 Å². The molecule has 1 aromatic carbocycles. The van der Waals surface area contributed by atoms with Crippen LogP contribution in [0.4, 0.5) is 0 Å². The summed E-state index contributed by atoms with van der Waals surface area (Å²) in [7, 11) is 0. The first-order valence-electron chi connectivity index (χ1n) is 4.13. The summed E-state index contributed by atoms with van der Waals surface area (Å²) in [6.45, 7) is 0.423. The molecule has 0 bridgehead atoms. The number of carbonyl (C=O) groups is 1. The third-order valence-corrected chi connectivity index (χ3v) is 1.80. The largest absolute Gasteiger partial charge is 0.366 e. The van der Waals surface area contributed by atoms with Gasteiger partial charge in [0, 0.05) is 17.0 Å². The number of benzene rings is 1. The van der Waals surface area contributed by atoms with Crippen molar-refractivity contribution < 1.29 is 4.79 Å². The number of primary amides is 1. The van der Waals surface area contributed by atoms with Gasteiger partial charge >= 0.3 is 0 Å². The Morgan fingerprint density at radius 2 is 2.07 bits per heavy atom. The maximum atomic E-state index is 10.7. The molecule has 5 nitrogen and oxygen atoms in total. The summed E-state index contributed by atoms with van der Waals surface area (Å²) >= 11 is 0. The van der Waals surface area contributed by atoms with Gasteiger partial charge in [-0.3, -0.25) is 4.79 Å². The van der Waals surface area contributed by atoms with E-state index in [9.17, 15) is 4.79 Å². The van der Waals surface area contributed by atoms with E-state index in [-0.39, 0.29) is 0 Å². The summed E-state index contributed by atoms with van der Waals surface area (Å²) in [5.74, 6) is -0.438. The van der Waals surface area contributed by atoms with Crippen molar-refractivity contribution in [2.75, 3.05) is 6.54 Å². The van der Waals surface area contributed by atoms with Crippen molar-refractivity contribution in [2.24, 2.45) is 10.8 Å². The van der Waals surface area contributed by atoms with Crippen LogP contribution in [0.1, 0.15) is 15.9 Å². The molecule has 0 unspecified atom stereocenters. The van der Waals surface area contributed by atoms with E-state index in [1.165, 1.54) is 0 Å². The highest BCUT2D eigenvalue weighted by Gasteiger charge is 1.98. The van der Waals surface area contributed by atoms with Gasteiger partial charge in [0.05, 0.1) is 0 Å². The summed E-state index contributed by atoms with van der Waals surface area (Å²) in [6, 6.07) is 6.92. The van der Waals surface area contributed by atoms with Crippen LogP contribution in [-0.2, 0) is 6.42 Å². The summed E-state index contributed by atoms with van der Waals surface area (Å²) < 4.78 is 0. The number of nitrogens with zero attached hydrogens (tertiary/aromatic N) is 3. The highest BCUT2D eigenvalue weighted by molar-refractivity contribution is 5.92. The molecule has 0 atom stereocenters. The van der Waals surface area contributed by atoms with Gasteiger partial charge in [0.15, 0.2) is 0 Å². The van der Waals surface area contributed by atoms with Crippen LogP contribution in [0.15, 0.2) is 29.4 Å². The summed E-state index contributed by atoms with van der Waals surface area (Å²) in [4.78, 5) is 13.4. The number of hydrogen-bond acceptors (Lipinski definition) is 2. The number of nitrogens with two attached hydrogens (primary N) is 1. The van der Waals surface area contributed by atoms with Crippen molar-refractivity contribution in [2.45, 2.75) is 6.42 Å². The van der Waals surface area contributed by atoms with Crippen LogP contribution in [0.3, 0.4) is 0 Å². The van der Waals surface area contributed by atoms with E-state index in [0.717, 1.165) is 5.56 Å². The van der Waals surface area contributed by atoms with E-state index in [1.54, 1.807) is 24.3 Å². The molecule has 72 valence electrons. The van der Waals surface area contributed by atoms with Gasteiger partial charge < -0.3 is 5.73 Å². The number of rotatable bonds is 4. The number of hydrogen-bond donors (Lipinski definition) is 1. The zero-order valence-electron chi connectivity index (χ0n) is 7.55. The van der Waals surface area contributed by atoms with E-state index in [1.807, 2.05) is 0 Å². The van der Waals surface area contributed by atoms with Crippen LogP contribution < -0.4 is 5.73 Å². The fourth-order valence-corrected chi connectivity index (χ4v) is 1.06. The van der Waals surface area contributed by atoms with Gasteiger partial charge in [-0.25, -0.2) is 0 Å². The number of carbonyl (C=O) groups excluding carboxylic acids is 1. The summed E-state index contributed by atoms with van der Waals surface area (Å²) in [5, 5.41) is 3.41. The third-order valence-electron chi connectivity index (χ3n) is 1.80. The van der Waals surface area contributed by atoms with Crippen LogP contribution in [0.5, 0.6) is 0 Å². The normalized spacial score (nSPS) is 9.14. The second kappa shape index (κ2) is 4.89. The Balaban J connectivity index is 2.64. The van der Waals surface area contributed by atoms with Gasteiger partial charge in [-0.1, -0.05) is 17.2 Å². The highest BCUT2D eigenvalue weighted by Crippen LogP contribution is 2.04. The third kappa shape index (κ3) is 2.80.